The van der Waals surface area contributed by atoms with Gasteiger partial charge in [-0.15, -0.1) is 0 Å². The first-order chi connectivity index (χ1) is 12.5. The lowest BCUT2D eigenvalue weighted by molar-refractivity contribution is -0.159. The molecule has 4 aromatic rings. The van der Waals surface area contributed by atoms with Crippen LogP contribution in [-0.2, 0) is 6.42 Å². The molecule has 0 saturated carbocycles. The second-order valence-corrected chi connectivity index (χ2v) is 6.46. The van der Waals surface area contributed by atoms with Crippen LogP contribution in [0.2, 0.25) is 5.02 Å². The predicted octanol–water partition coefficient (Wildman–Crippen LogP) is 4.81. The van der Waals surface area contributed by atoms with Crippen LogP contribution < -0.4 is 10.1 Å². The summed E-state index contributed by atoms with van der Waals surface area (Å²) in [5.74, 6) is 0.683. The number of anilines is 2. The van der Waals surface area contributed by atoms with Crippen molar-refractivity contribution in [1.82, 2.24) is 14.4 Å². The van der Waals surface area contributed by atoms with Gasteiger partial charge in [0.25, 0.3) is 0 Å². The molecule has 2 aromatic heterocycles. The van der Waals surface area contributed by atoms with Gasteiger partial charge in [-0.1, -0.05) is 17.7 Å². The number of benzene rings is 2. The summed E-state index contributed by atoms with van der Waals surface area (Å²) in [5.41, 5.74) is 3.13. The maximum Gasteiger partial charge on any atom is 0.402 e. The van der Waals surface area contributed by atoms with Gasteiger partial charge in [-0.05, 0) is 30.3 Å². The summed E-state index contributed by atoms with van der Waals surface area (Å²) in [6.07, 6.45) is -0.128. The Morgan fingerprint density at radius 2 is 2.12 bits per heavy atom. The first kappa shape index (κ1) is 15.3. The van der Waals surface area contributed by atoms with Gasteiger partial charge >= 0.3 is 6.11 Å². The topological polar surface area (TPSA) is 51.5 Å². The van der Waals surface area contributed by atoms with E-state index >= 15 is 0 Å². The quantitative estimate of drug-likeness (QED) is 0.548. The molecule has 5 nitrogen and oxygen atoms in total. The molecule has 1 N–H and O–H groups in total. The van der Waals surface area contributed by atoms with Gasteiger partial charge < -0.3 is 10.1 Å². The van der Waals surface area contributed by atoms with Crippen LogP contribution in [0.15, 0.2) is 48.8 Å². The van der Waals surface area contributed by atoms with Crippen molar-refractivity contribution in [3.05, 3.63) is 59.4 Å². The molecular weight excluding hydrogens is 362 g/mol. The van der Waals surface area contributed by atoms with Crippen LogP contribution in [0, 0.1) is 0 Å². The monoisotopic (exact) mass is 372 g/mol. The molecular formula is C18H11ClF2N4O. The zero-order valence-corrected chi connectivity index (χ0v) is 14.0. The number of imidazole rings is 1. The molecule has 1 aliphatic rings. The second-order valence-electron chi connectivity index (χ2n) is 6.05. The third-order valence-corrected chi connectivity index (χ3v) is 4.58. The Bertz CT molecular complexity index is 1170. The fraction of sp³-hybridized carbons (Fsp3) is 0.111. The molecule has 0 saturated heterocycles. The van der Waals surface area contributed by atoms with Crippen LogP contribution in [0.1, 0.15) is 5.56 Å². The summed E-state index contributed by atoms with van der Waals surface area (Å²) < 4.78 is 33.3. The van der Waals surface area contributed by atoms with Crippen LogP contribution in [0.4, 0.5) is 20.3 Å². The number of nitrogens with one attached hydrogen (secondary N) is 1. The number of para-hydroxylation sites is 1. The fourth-order valence-corrected chi connectivity index (χ4v) is 3.39. The number of alkyl halides is 2. The van der Waals surface area contributed by atoms with Gasteiger partial charge in [0, 0.05) is 23.6 Å². The maximum absolute atomic E-state index is 13.4. The van der Waals surface area contributed by atoms with Crippen molar-refractivity contribution in [3.63, 3.8) is 0 Å². The highest BCUT2D eigenvalue weighted by Gasteiger charge is 2.39. The van der Waals surface area contributed by atoms with Gasteiger partial charge in [-0.25, -0.2) is 9.97 Å². The van der Waals surface area contributed by atoms with Gasteiger partial charge in [0.05, 0.1) is 17.0 Å². The molecule has 3 heterocycles. The van der Waals surface area contributed by atoms with E-state index in [2.05, 4.69) is 20.0 Å². The highest BCUT2D eigenvalue weighted by molar-refractivity contribution is 6.35. The molecule has 0 spiro atoms. The minimum absolute atomic E-state index is 0.195. The summed E-state index contributed by atoms with van der Waals surface area (Å²) in [6.45, 7) is 0. The Morgan fingerprint density at radius 3 is 3.00 bits per heavy atom. The van der Waals surface area contributed by atoms with Crippen molar-refractivity contribution in [3.8, 4) is 5.75 Å². The van der Waals surface area contributed by atoms with Crippen molar-refractivity contribution in [2.24, 2.45) is 0 Å². The van der Waals surface area contributed by atoms with Crippen LogP contribution in [0.25, 0.3) is 16.7 Å². The summed E-state index contributed by atoms with van der Waals surface area (Å²) in [6, 6.07) is 10.3. The summed E-state index contributed by atoms with van der Waals surface area (Å²) in [5, 5.41) is 3.67. The molecule has 2 aromatic carbocycles. The Morgan fingerprint density at radius 1 is 1.23 bits per heavy atom. The minimum atomic E-state index is -3.16. The number of ether oxygens (including phenoxy) is 1. The van der Waals surface area contributed by atoms with Crippen molar-refractivity contribution >= 4 is 39.8 Å². The molecule has 0 radical (unpaired) electrons. The molecule has 8 heteroatoms. The molecule has 26 heavy (non-hydrogen) atoms. The van der Waals surface area contributed by atoms with Gasteiger partial charge in [-0.2, -0.15) is 8.78 Å². The molecule has 0 unspecified atom stereocenters. The Kier molecular flexibility index (Phi) is 3.12. The third-order valence-electron chi connectivity index (χ3n) is 4.28. The highest BCUT2D eigenvalue weighted by atomic mass is 35.5. The lowest BCUT2D eigenvalue weighted by Crippen LogP contribution is -2.20. The molecule has 0 aliphatic carbocycles. The van der Waals surface area contributed by atoms with Crippen molar-refractivity contribution < 1.29 is 13.5 Å². The van der Waals surface area contributed by atoms with E-state index in [0.717, 1.165) is 5.52 Å². The van der Waals surface area contributed by atoms with E-state index in [4.69, 9.17) is 11.6 Å². The summed E-state index contributed by atoms with van der Waals surface area (Å²) in [4.78, 5) is 8.93. The normalized spacial score (nSPS) is 15.2. The molecule has 1 aliphatic heterocycles. The number of hydrogen-bond donors (Lipinski definition) is 1. The molecule has 0 bridgehead atoms. The first-order valence-electron chi connectivity index (χ1n) is 7.88. The van der Waals surface area contributed by atoms with E-state index in [9.17, 15) is 8.78 Å². The molecule has 0 atom stereocenters. The van der Waals surface area contributed by atoms with E-state index in [-0.39, 0.29) is 5.75 Å². The average Bonchev–Trinajstić information content (AvgIpc) is 3.18. The van der Waals surface area contributed by atoms with Crippen molar-refractivity contribution in [1.29, 1.82) is 0 Å². The Balaban J connectivity index is 1.62. The van der Waals surface area contributed by atoms with Crippen molar-refractivity contribution in [2.75, 3.05) is 5.32 Å². The van der Waals surface area contributed by atoms with Gasteiger partial charge in [0.2, 0.25) is 0 Å². The molecule has 5 rings (SSSR count). The van der Waals surface area contributed by atoms with Crippen LogP contribution in [0.5, 0.6) is 5.75 Å². The lowest BCUT2D eigenvalue weighted by Gasteiger charge is -2.11. The van der Waals surface area contributed by atoms with Crippen molar-refractivity contribution in [2.45, 2.75) is 12.5 Å². The maximum atomic E-state index is 13.4. The Labute approximate surface area is 151 Å². The first-order valence-corrected chi connectivity index (χ1v) is 8.26. The largest absolute Gasteiger partial charge is 0.432 e. The SMILES string of the molecule is FC1(F)Cc2cc(Nc3nc4c(Cl)cccc4n4ccnc34)ccc2O1. The summed E-state index contributed by atoms with van der Waals surface area (Å²) >= 11 is 6.28. The zero-order valence-electron chi connectivity index (χ0n) is 13.2. The zero-order chi connectivity index (χ0) is 17.9. The number of hydrogen-bond acceptors (Lipinski definition) is 4. The molecule has 0 amide bonds. The lowest BCUT2D eigenvalue weighted by atomic mass is 10.1. The number of fused-ring (bicyclic) bond motifs is 4. The predicted molar refractivity (Wildman–Crippen MR) is 94.5 cm³/mol. The number of rotatable bonds is 2. The third kappa shape index (κ3) is 2.35. The van der Waals surface area contributed by atoms with Gasteiger partial charge in [0.1, 0.15) is 11.3 Å². The van der Waals surface area contributed by atoms with E-state index in [0.29, 0.717) is 33.3 Å². The van der Waals surface area contributed by atoms with E-state index in [1.54, 1.807) is 24.4 Å². The summed E-state index contributed by atoms with van der Waals surface area (Å²) in [7, 11) is 0. The minimum Gasteiger partial charge on any atom is -0.432 e. The van der Waals surface area contributed by atoms with Crippen LogP contribution >= 0.6 is 11.6 Å². The smallest absolute Gasteiger partial charge is 0.402 e. The number of aromatic nitrogens is 3. The van der Waals surface area contributed by atoms with E-state index < -0.39 is 12.5 Å². The van der Waals surface area contributed by atoms with Crippen LogP contribution in [0.3, 0.4) is 0 Å². The van der Waals surface area contributed by atoms with E-state index in [1.165, 1.54) is 6.07 Å². The standard InChI is InChI=1S/C18H11ClF2N4O/c19-12-2-1-3-13-15(12)24-16(17-22-6-7-25(13)17)23-11-4-5-14-10(8-11)9-18(20,21)26-14/h1-8H,9H2,(H,23,24). The van der Waals surface area contributed by atoms with Gasteiger partial charge in [-0.3, -0.25) is 4.40 Å². The number of nitrogens with zero attached hydrogens (tertiary/aromatic N) is 3. The average molecular weight is 373 g/mol. The molecule has 130 valence electrons. The van der Waals surface area contributed by atoms with E-state index in [1.807, 2.05) is 22.7 Å². The second kappa shape index (κ2) is 5.28. The molecule has 0 fully saturated rings. The van der Waals surface area contributed by atoms with Crippen LogP contribution in [-0.4, -0.2) is 20.5 Å². The highest BCUT2D eigenvalue weighted by Crippen LogP contribution is 2.39. The van der Waals surface area contributed by atoms with Gasteiger partial charge in [0.15, 0.2) is 11.5 Å². The number of halogens is 3. The fourth-order valence-electron chi connectivity index (χ4n) is 3.18. The Hall–Kier alpha value is -2.93.